The minimum atomic E-state index is -0.620. The summed E-state index contributed by atoms with van der Waals surface area (Å²) >= 11 is 0. The lowest BCUT2D eigenvalue weighted by Crippen LogP contribution is -2.40. The molecule has 2 amide bonds. The zero-order chi connectivity index (χ0) is 16.0. The van der Waals surface area contributed by atoms with Crippen molar-refractivity contribution in [1.29, 1.82) is 0 Å². The number of benzene rings is 1. The summed E-state index contributed by atoms with van der Waals surface area (Å²) in [6.07, 6.45) is 0. The Kier molecular flexibility index (Phi) is 6.40. The second kappa shape index (κ2) is 7.81. The smallest absolute Gasteiger partial charge is 0.313 e. The SMILES string of the molecule is Cc1ccc(NC(=O)C(=O)NCC(C(C)C)C(C)C)cc1. The van der Waals surface area contributed by atoms with Gasteiger partial charge in [0.2, 0.25) is 0 Å². The molecule has 0 aliphatic heterocycles. The normalized spacial score (nSPS) is 11.0. The van der Waals surface area contributed by atoms with E-state index in [1.807, 2.05) is 19.1 Å². The molecule has 1 rings (SSSR count). The highest BCUT2D eigenvalue weighted by molar-refractivity contribution is 6.39. The van der Waals surface area contributed by atoms with Crippen molar-refractivity contribution in [3.8, 4) is 0 Å². The predicted molar refractivity (Wildman–Crippen MR) is 86.0 cm³/mol. The van der Waals surface area contributed by atoms with E-state index in [9.17, 15) is 9.59 Å². The molecule has 0 radical (unpaired) electrons. The van der Waals surface area contributed by atoms with Crippen molar-refractivity contribution in [2.75, 3.05) is 11.9 Å². The fourth-order valence-corrected chi connectivity index (χ4v) is 2.36. The highest BCUT2D eigenvalue weighted by Crippen LogP contribution is 2.19. The van der Waals surface area contributed by atoms with Gasteiger partial charge in [0.25, 0.3) is 0 Å². The van der Waals surface area contributed by atoms with Gasteiger partial charge < -0.3 is 10.6 Å². The summed E-state index contributed by atoms with van der Waals surface area (Å²) in [5.41, 5.74) is 1.74. The standard InChI is InChI=1S/C17H26N2O2/c1-11(2)15(12(3)4)10-18-16(20)17(21)19-14-8-6-13(5)7-9-14/h6-9,11-12,15H,10H2,1-5H3,(H,18,20)(H,19,21). The van der Waals surface area contributed by atoms with E-state index in [0.29, 0.717) is 30.0 Å². The van der Waals surface area contributed by atoms with Crippen molar-refractivity contribution in [3.63, 3.8) is 0 Å². The average molecular weight is 290 g/mol. The molecule has 0 heterocycles. The van der Waals surface area contributed by atoms with Crippen LogP contribution in [0.2, 0.25) is 0 Å². The molecule has 0 aliphatic rings. The number of carbonyl (C=O) groups excluding carboxylic acids is 2. The molecule has 21 heavy (non-hydrogen) atoms. The highest BCUT2D eigenvalue weighted by atomic mass is 16.2. The number of carbonyl (C=O) groups is 2. The third kappa shape index (κ3) is 5.58. The molecule has 4 heteroatoms. The lowest BCUT2D eigenvalue weighted by atomic mass is 9.85. The van der Waals surface area contributed by atoms with Gasteiger partial charge in [-0.1, -0.05) is 45.4 Å². The summed E-state index contributed by atoms with van der Waals surface area (Å²) in [6, 6.07) is 7.35. The molecule has 1 aromatic carbocycles. The maximum Gasteiger partial charge on any atom is 0.313 e. The van der Waals surface area contributed by atoms with Gasteiger partial charge in [-0.2, -0.15) is 0 Å². The number of hydrogen-bond donors (Lipinski definition) is 2. The van der Waals surface area contributed by atoms with Crippen molar-refractivity contribution >= 4 is 17.5 Å². The monoisotopic (exact) mass is 290 g/mol. The van der Waals surface area contributed by atoms with Crippen LogP contribution in [0.4, 0.5) is 5.69 Å². The Bertz CT molecular complexity index is 470. The van der Waals surface area contributed by atoms with Gasteiger partial charge >= 0.3 is 11.8 Å². The highest BCUT2D eigenvalue weighted by Gasteiger charge is 2.20. The number of hydrogen-bond acceptors (Lipinski definition) is 2. The molecule has 0 atom stereocenters. The van der Waals surface area contributed by atoms with E-state index in [0.717, 1.165) is 5.56 Å². The number of amides is 2. The van der Waals surface area contributed by atoms with Gasteiger partial charge in [-0.05, 0) is 36.8 Å². The molecule has 0 bridgehead atoms. The molecule has 4 nitrogen and oxygen atoms in total. The Labute approximate surface area is 127 Å². The number of rotatable bonds is 5. The van der Waals surface area contributed by atoms with Crippen LogP contribution in [0.3, 0.4) is 0 Å². The lowest BCUT2D eigenvalue weighted by molar-refractivity contribution is -0.136. The number of nitrogens with one attached hydrogen (secondary N) is 2. The fourth-order valence-electron chi connectivity index (χ4n) is 2.36. The van der Waals surface area contributed by atoms with E-state index >= 15 is 0 Å². The third-order valence-electron chi connectivity index (χ3n) is 3.73. The summed E-state index contributed by atoms with van der Waals surface area (Å²) in [5, 5.41) is 5.33. The number of anilines is 1. The van der Waals surface area contributed by atoms with Crippen molar-refractivity contribution in [1.82, 2.24) is 5.32 Å². The van der Waals surface area contributed by atoms with Crippen molar-refractivity contribution < 1.29 is 9.59 Å². The Morgan fingerprint density at radius 1 is 0.952 bits per heavy atom. The summed E-state index contributed by atoms with van der Waals surface area (Å²) in [5.74, 6) is 0.0871. The second-order valence-electron chi connectivity index (χ2n) is 6.18. The fraction of sp³-hybridized carbons (Fsp3) is 0.529. The molecule has 116 valence electrons. The molecule has 0 saturated carbocycles. The van der Waals surface area contributed by atoms with Gasteiger partial charge in [0, 0.05) is 12.2 Å². The first-order chi connectivity index (χ1) is 9.81. The minimum Gasteiger partial charge on any atom is -0.348 e. The van der Waals surface area contributed by atoms with Gasteiger partial charge in [-0.25, -0.2) is 0 Å². The Balaban J connectivity index is 2.51. The first kappa shape index (κ1) is 17.2. The lowest BCUT2D eigenvalue weighted by Gasteiger charge is -2.24. The van der Waals surface area contributed by atoms with Gasteiger partial charge in [0.1, 0.15) is 0 Å². The van der Waals surface area contributed by atoms with Gasteiger partial charge in [-0.3, -0.25) is 9.59 Å². The first-order valence-electron chi connectivity index (χ1n) is 7.47. The van der Waals surface area contributed by atoms with E-state index in [4.69, 9.17) is 0 Å². The zero-order valence-electron chi connectivity index (χ0n) is 13.6. The van der Waals surface area contributed by atoms with Crippen LogP contribution in [-0.2, 0) is 9.59 Å². The van der Waals surface area contributed by atoms with Crippen LogP contribution in [0.5, 0.6) is 0 Å². The summed E-state index contributed by atoms with van der Waals surface area (Å²) in [4.78, 5) is 23.7. The van der Waals surface area contributed by atoms with Crippen molar-refractivity contribution in [2.24, 2.45) is 17.8 Å². The summed E-state index contributed by atoms with van der Waals surface area (Å²) in [6.45, 7) is 11.0. The van der Waals surface area contributed by atoms with Crippen LogP contribution in [0.1, 0.15) is 33.3 Å². The summed E-state index contributed by atoms with van der Waals surface area (Å²) < 4.78 is 0. The Morgan fingerprint density at radius 2 is 1.48 bits per heavy atom. The quantitative estimate of drug-likeness (QED) is 0.819. The van der Waals surface area contributed by atoms with Gasteiger partial charge in [0.05, 0.1) is 0 Å². The van der Waals surface area contributed by atoms with Crippen LogP contribution in [0.15, 0.2) is 24.3 Å². The maximum absolute atomic E-state index is 11.8. The molecule has 2 N–H and O–H groups in total. The van der Waals surface area contributed by atoms with E-state index in [-0.39, 0.29) is 0 Å². The summed E-state index contributed by atoms with van der Waals surface area (Å²) in [7, 11) is 0. The average Bonchev–Trinajstić information content (AvgIpc) is 2.40. The van der Waals surface area contributed by atoms with Crippen LogP contribution in [0, 0.1) is 24.7 Å². The van der Waals surface area contributed by atoms with E-state index in [1.54, 1.807) is 12.1 Å². The maximum atomic E-state index is 11.8. The Hall–Kier alpha value is -1.84. The zero-order valence-corrected chi connectivity index (χ0v) is 13.6. The molecule has 0 aromatic heterocycles. The molecule has 1 aromatic rings. The first-order valence-corrected chi connectivity index (χ1v) is 7.47. The van der Waals surface area contributed by atoms with Gasteiger partial charge in [0.15, 0.2) is 0 Å². The molecule has 0 unspecified atom stereocenters. The van der Waals surface area contributed by atoms with E-state index in [1.165, 1.54) is 0 Å². The van der Waals surface area contributed by atoms with E-state index in [2.05, 4.69) is 38.3 Å². The molecule has 0 aliphatic carbocycles. The van der Waals surface area contributed by atoms with Crippen molar-refractivity contribution in [2.45, 2.75) is 34.6 Å². The third-order valence-corrected chi connectivity index (χ3v) is 3.73. The molecular weight excluding hydrogens is 264 g/mol. The molecular formula is C17H26N2O2. The largest absolute Gasteiger partial charge is 0.348 e. The molecule has 0 saturated heterocycles. The Morgan fingerprint density at radius 3 is 1.95 bits per heavy atom. The van der Waals surface area contributed by atoms with Gasteiger partial charge in [-0.15, -0.1) is 0 Å². The predicted octanol–water partition coefficient (Wildman–Crippen LogP) is 2.98. The van der Waals surface area contributed by atoms with Crippen molar-refractivity contribution in [3.05, 3.63) is 29.8 Å². The second-order valence-corrected chi connectivity index (χ2v) is 6.18. The topological polar surface area (TPSA) is 58.2 Å². The molecule has 0 spiro atoms. The van der Waals surface area contributed by atoms with Crippen LogP contribution < -0.4 is 10.6 Å². The van der Waals surface area contributed by atoms with Crippen LogP contribution in [0.25, 0.3) is 0 Å². The van der Waals surface area contributed by atoms with Crippen LogP contribution in [-0.4, -0.2) is 18.4 Å². The molecule has 0 fully saturated rings. The minimum absolute atomic E-state index is 0.362. The number of aryl methyl sites for hydroxylation is 1. The van der Waals surface area contributed by atoms with E-state index < -0.39 is 11.8 Å². The van der Waals surface area contributed by atoms with Crippen LogP contribution >= 0.6 is 0 Å².